The molecular weight excluding hydrogens is 469 g/mol. The van der Waals surface area contributed by atoms with Gasteiger partial charge in [0.25, 0.3) is 0 Å². The summed E-state index contributed by atoms with van der Waals surface area (Å²) in [5, 5.41) is 4.31. The van der Waals surface area contributed by atoms with Gasteiger partial charge in [0.05, 0.1) is 6.04 Å². The lowest BCUT2D eigenvalue weighted by molar-refractivity contribution is 0.291. The molecule has 186 valence electrons. The minimum Gasteiger partial charge on any atom is -0.475 e. The van der Waals surface area contributed by atoms with Crippen molar-refractivity contribution in [3.05, 3.63) is 125 Å². The molecule has 0 spiro atoms. The minimum atomic E-state index is -0.634. The van der Waals surface area contributed by atoms with Gasteiger partial charge in [-0.05, 0) is 83.8 Å². The molecule has 4 aliphatic carbocycles. The third-order valence-electron chi connectivity index (χ3n) is 7.63. The summed E-state index contributed by atoms with van der Waals surface area (Å²) < 4.78 is 6.16. The van der Waals surface area contributed by atoms with Gasteiger partial charge >= 0.3 is 0 Å². The predicted octanol–water partition coefficient (Wildman–Crippen LogP) is 6.13. The van der Waals surface area contributed by atoms with E-state index in [0.29, 0.717) is 12.5 Å². The van der Waals surface area contributed by atoms with Gasteiger partial charge in [-0.15, -0.1) is 0 Å². The van der Waals surface area contributed by atoms with Gasteiger partial charge < -0.3 is 4.74 Å². The van der Waals surface area contributed by atoms with E-state index in [2.05, 4.69) is 111 Å². The second-order valence-corrected chi connectivity index (χ2v) is 12.7. The molecule has 0 unspecified atom stereocenters. The van der Waals surface area contributed by atoms with E-state index in [1.807, 2.05) is 0 Å². The lowest BCUT2D eigenvalue weighted by atomic mass is 9.93. The van der Waals surface area contributed by atoms with Crippen LogP contribution >= 0.6 is 7.92 Å². The molecule has 4 aromatic carbocycles. The van der Waals surface area contributed by atoms with Gasteiger partial charge in [-0.2, -0.15) is 0 Å². The molecule has 5 aliphatic rings. The molecule has 0 aromatic heterocycles. The molecule has 0 saturated heterocycles. The summed E-state index contributed by atoms with van der Waals surface area (Å²) in [6.07, 6.45) is 4.02. The second-order valence-electron chi connectivity index (χ2n) is 10.5. The Kier molecular flexibility index (Phi) is 6.94. The average molecular weight is 504 g/mol. The zero-order chi connectivity index (χ0) is 25.2. The minimum absolute atomic E-state index is 0.254. The first-order valence-corrected chi connectivity index (χ1v) is 14.8. The van der Waals surface area contributed by atoms with Gasteiger partial charge in [0.15, 0.2) is 0 Å². The Hall–Kier alpha value is -3.22. The zero-order valence-corrected chi connectivity index (χ0v) is 22.6. The molecular formula is C34H34NOP. The van der Waals surface area contributed by atoms with Crippen molar-refractivity contribution in [2.75, 3.05) is 6.61 Å². The molecule has 1 heterocycles. The third kappa shape index (κ3) is 5.13. The van der Waals surface area contributed by atoms with E-state index >= 15 is 0 Å². The van der Waals surface area contributed by atoms with Gasteiger partial charge in [0, 0.05) is 5.56 Å². The standard InChI is InChI=1S/C34H34NOP/c1-24(2)32-23-36-34(35-32)31-21-25-13-14-26-16-18-28(20-19-27(31)17-15-25)33(22-26)37(29-9-5-3-6-10-29)30-11-7-4-8-12-30/h3-12,15-18,21-22,24,32H,13-14,19-20,23H2,1-2H3/t32-/m1/s1. The number of hydrogen-bond acceptors (Lipinski definition) is 2. The normalized spacial score (nSPS) is 17.0. The lowest BCUT2D eigenvalue weighted by Crippen LogP contribution is -2.24. The van der Waals surface area contributed by atoms with Crippen LogP contribution in [0, 0.1) is 5.92 Å². The van der Waals surface area contributed by atoms with Crippen LogP contribution in [0.1, 0.15) is 41.7 Å². The van der Waals surface area contributed by atoms with E-state index in [1.54, 1.807) is 0 Å². The molecule has 3 heteroatoms. The quantitative estimate of drug-likeness (QED) is 0.300. The summed E-state index contributed by atoms with van der Waals surface area (Å²) in [4.78, 5) is 4.99. The fourth-order valence-corrected chi connectivity index (χ4v) is 7.96. The van der Waals surface area contributed by atoms with Crippen LogP contribution in [-0.4, -0.2) is 18.5 Å². The van der Waals surface area contributed by atoms with E-state index in [9.17, 15) is 0 Å². The van der Waals surface area contributed by atoms with Gasteiger partial charge in [-0.1, -0.05) is 105 Å². The fraction of sp³-hybridized carbons (Fsp3) is 0.265. The molecule has 4 bridgehead atoms. The monoisotopic (exact) mass is 503 g/mol. The van der Waals surface area contributed by atoms with Crippen molar-refractivity contribution >= 4 is 29.7 Å². The Balaban J connectivity index is 1.42. The number of benzene rings is 4. The van der Waals surface area contributed by atoms with Crippen molar-refractivity contribution in [3.63, 3.8) is 0 Å². The first kappa shape index (κ1) is 24.1. The largest absolute Gasteiger partial charge is 0.475 e. The summed E-state index contributed by atoms with van der Waals surface area (Å²) in [5.41, 5.74) is 6.76. The average Bonchev–Trinajstić information content (AvgIpc) is 3.43. The maximum Gasteiger partial charge on any atom is 0.216 e. The van der Waals surface area contributed by atoms with Crippen LogP contribution < -0.4 is 15.9 Å². The van der Waals surface area contributed by atoms with E-state index in [1.165, 1.54) is 43.7 Å². The highest BCUT2D eigenvalue weighted by Crippen LogP contribution is 2.35. The van der Waals surface area contributed by atoms with Crippen molar-refractivity contribution in [1.82, 2.24) is 0 Å². The van der Waals surface area contributed by atoms with Crippen LogP contribution in [-0.2, 0) is 30.4 Å². The number of hydrogen-bond donors (Lipinski definition) is 0. The summed E-state index contributed by atoms with van der Waals surface area (Å²) in [6.45, 7) is 5.15. The second kappa shape index (κ2) is 10.6. The first-order chi connectivity index (χ1) is 18.2. The third-order valence-corrected chi connectivity index (χ3v) is 10.2. The van der Waals surface area contributed by atoms with Gasteiger partial charge in [-0.25, -0.2) is 4.99 Å². The van der Waals surface area contributed by atoms with Crippen LogP contribution in [0.3, 0.4) is 0 Å². The Morgan fingerprint density at radius 3 is 1.92 bits per heavy atom. The Bertz CT molecular complexity index is 1370. The summed E-state index contributed by atoms with van der Waals surface area (Å²) >= 11 is 0. The predicted molar refractivity (Wildman–Crippen MR) is 158 cm³/mol. The fourth-order valence-electron chi connectivity index (χ4n) is 5.40. The van der Waals surface area contributed by atoms with Crippen LogP contribution in [0.5, 0.6) is 0 Å². The van der Waals surface area contributed by atoms with Crippen LogP contribution in [0.2, 0.25) is 0 Å². The van der Waals surface area contributed by atoms with Crippen molar-refractivity contribution in [2.24, 2.45) is 10.9 Å². The van der Waals surface area contributed by atoms with Crippen LogP contribution in [0.4, 0.5) is 0 Å². The molecule has 0 saturated carbocycles. The van der Waals surface area contributed by atoms with Crippen LogP contribution in [0.25, 0.3) is 0 Å². The number of aryl methyl sites for hydroxylation is 4. The molecule has 0 fully saturated rings. The van der Waals surface area contributed by atoms with Crippen molar-refractivity contribution in [3.8, 4) is 0 Å². The van der Waals surface area contributed by atoms with Crippen LogP contribution in [0.15, 0.2) is 102 Å². The number of rotatable bonds is 5. The smallest absolute Gasteiger partial charge is 0.216 e. The van der Waals surface area contributed by atoms with Crippen molar-refractivity contribution < 1.29 is 4.74 Å². The van der Waals surface area contributed by atoms with Crippen molar-refractivity contribution in [1.29, 1.82) is 0 Å². The Morgan fingerprint density at radius 2 is 1.30 bits per heavy atom. The maximum absolute atomic E-state index is 6.16. The molecule has 1 aliphatic heterocycles. The van der Waals surface area contributed by atoms with E-state index in [4.69, 9.17) is 9.73 Å². The summed E-state index contributed by atoms with van der Waals surface area (Å²) in [7, 11) is -0.634. The molecule has 2 nitrogen and oxygen atoms in total. The van der Waals surface area contributed by atoms with E-state index < -0.39 is 7.92 Å². The van der Waals surface area contributed by atoms with Gasteiger partial charge in [0.2, 0.25) is 5.90 Å². The summed E-state index contributed by atoms with van der Waals surface area (Å²) in [6, 6.07) is 36.6. The lowest BCUT2D eigenvalue weighted by Gasteiger charge is -2.24. The molecule has 37 heavy (non-hydrogen) atoms. The van der Waals surface area contributed by atoms with Gasteiger partial charge in [0.1, 0.15) is 6.61 Å². The molecule has 9 rings (SSSR count). The number of aliphatic imine (C=N–C) groups is 1. The highest BCUT2D eigenvalue weighted by molar-refractivity contribution is 7.79. The Labute approximate surface area is 222 Å². The molecule has 0 amide bonds. The highest BCUT2D eigenvalue weighted by atomic mass is 31.1. The number of ether oxygens (including phenoxy) is 1. The molecule has 1 atom stereocenters. The number of nitrogens with zero attached hydrogens (tertiary/aromatic N) is 1. The highest BCUT2D eigenvalue weighted by Gasteiger charge is 2.25. The van der Waals surface area contributed by atoms with E-state index in [0.717, 1.165) is 31.6 Å². The zero-order valence-electron chi connectivity index (χ0n) is 21.7. The SMILES string of the molecule is CC(C)[C@H]1COC(c2cc3ccc2CCc2ccc(cc2P(c2ccccc2)c2ccccc2)CC3)=N1. The van der Waals surface area contributed by atoms with Crippen molar-refractivity contribution in [2.45, 2.75) is 45.6 Å². The molecule has 0 radical (unpaired) electrons. The summed E-state index contributed by atoms with van der Waals surface area (Å²) in [5.74, 6) is 1.34. The molecule has 0 N–H and O–H groups in total. The topological polar surface area (TPSA) is 21.6 Å². The maximum atomic E-state index is 6.16. The molecule has 4 aromatic rings. The Morgan fingerprint density at radius 1 is 0.703 bits per heavy atom. The first-order valence-electron chi connectivity index (χ1n) is 13.5. The van der Waals surface area contributed by atoms with E-state index in [-0.39, 0.29) is 6.04 Å². The van der Waals surface area contributed by atoms with Gasteiger partial charge in [-0.3, -0.25) is 0 Å².